The minimum Gasteiger partial charge on any atom is -0.354 e. The molecule has 0 radical (unpaired) electrons. The Bertz CT molecular complexity index is 713. The van der Waals surface area contributed by atoms with Gasteiger partial charge in [-0.1, -0.05) is 37.3 Å². The molecule has 7 nitrogen and oxygen atoms in total. The van der Waals surface area contributed by atoms with E-state index >= 15 is 0 Å². The lowest BCUT2D eigenvalue weighted by Crippen LogP contribution is -2.53. The van der Waals surface area contributed by atoms with Crippen LogP contribution in [0, 0.1) is 0 Å². The Morgan fingerprint density at radius 1 is 0.970 bits per heavy atom. The third-order valence-corrected chi connectivity index (χ3v) is 6.52. The van der Waals surface area contributed by atoms with E-state index in [1.165, 1.54) is 18.5 Å². The van der Waals surface area contributed by atoms with Crippen LogP contribution in [0.5, 0.6) is 0 Å². The zero-order valence-corrected chi connectivity index (χ0v) is 23.0. The average Bonchev–Trinajstić information content (AvgIpc) is 2.80. The highest BCUT2D eigenvalue weighted by atomic mass is 127. The van der Waals surface area contributed by atoms with E-state index in [4.69, 9.17) is 0 Å². The molecule has 2 aliphatic rings. The molecule has 1 amide bonds. The van der Waals surface area contributed by atoms with Crippen molar-refractivity contribution < 1.29 is 4.79 Å². The van der Waals surface area contributed by atoms with Crippen molar-refractivity contribution >= 4 is 35.8 Å². The summed E-state index contributed by atoms with van der Waals surface area (Å²) in [7, 11) is 3.56. The van der Waals surface area contributed by atoms with Gasteiger partial charge in [-0.3, -0.25) is 9.69 Å². The molecule has 1 aromatic rings. The molecule has 8 heteroatoms. The number of nitrogens with zero attached hydrogens (tertiary/aromatic N) is 4. The van der Waals surface area contributed by atoms with Crippen molar-refractivity contribution in [2.45, 2.75) is 57.7 Å². The highest BCUT2D eigenvalue weighted by Gasteiger charge is 2.23. The second-order valence-electron chi connectivity index (χ2n) is 9.39. The molecular weight excluding hydrogens is 527 g/mol. The van der Waals surface area contributed by atoms with Gasteiger partial charge < -0.3 is 20.4 Å². The quantitative estimate of drug-likeness (QED) is 0.286. The number of carbonyl (C=O) groups is 1. The zero-order chi connectivity index (χ0) is 22.8. The first-order valence-corrected chi connectivity index (χ1v) is 12.3. The van der Waals surface area contributed by atoms with Crippen LogP contribution in [-0.2, 0) is 11.3 Å². The lowest BCUT2D eigenvalue weighted by Gasteiger charge is -2.35. The highest BCUT2D eigenvalue weighted by Crippen LogP contribution is 2.15. The molecule has 2 aliphatic heterocycles. The maximum atomic E-state index is 12.1. The SMILES string of the molecule is CCCN1CCC(NC(=NCC(=O)N(C)C)NC2CCN(Cc3ccccc3)CC2)CC1.I. The second kappa shape index (κ2) is 14.8. The van der Waals surface area contributed by atoms with Gasteiger partial charge in [0, 0.05) is 58.9 Å². The van der Waals surface area contributed by atoms with E-state index in [0.29, 0.717) is 12.1 Å². The van der Waals surface area contributed by atoms with E-state index in [1.807, 2.05) is 0 Å². The van der Waals surface area contributed by atoms with Crippen molar-refractivity contribution in [3.05, 3.63) is 35.9 Å². The number of aliphatic imine (C=N–C) groups is 1. The average molecular weight is 571 g/mol. The first-order valence-electron chi connectivity index (χ1n) is 12.3. The second-order valence-corrected chi connectivity index (χ2v) is 9.39. The summed E-state index contributed by atoms with van der Waals surface area (Å²) in [6, 6.07) is 11.5. The molecule has 0 saturated carbocycles. The van der Waals surface area contributed by atoms with Crippen molar-refractivity contribution in [2.24, 2.45) is 4.99 Å². The van der Waals surface area contributed by atoms with E-state index in [1.54, 1.807) is 19.0 Å². The van der Waals surface area contributed by atoms with Gasteiger partial charge in [0.25, 0.3) is 0 Å². The van der Waals surface area contributed by atoms with Crippen LogP contribution in [0.25, 0.3) is 0 Å². The molecule has 2 N–H and O–H groups in total. The third kappa shape index (κ3) is 9.78. The van der Waals surface area contributed by atoms with Crippen molar-refractivity contribution in [1.29, 1.82) is 0 Å². The van der Waals surface area contributed by atoms with Crippen LogP contribution < -0.4 is 10.6 Å². The largest absolute Gasteiger partial charge is 0.354 e. The summed E-state index contributed by atoms with van der Waals surface area (Å²) >= 11 is 0. The maximum Gasteiger partial charge on any atom is 0.243 e. The van der Waals surface area contributed by atoms with E-state index in [0.717, 1.165) is 64.4 Å². The number of hydrogen-bond acceptors (Lipinski definition) is 4. The minimum atomic E-state index is 0. The molecule has 0 spiro atoms. The van der Waals surface area contributed by atoms with E-state index < -0.39 is 0 Å². The molecule has 0 atom stereocenters. The topological polar surface area (TPSA) is 63.2 Å². The maximum absolute atomic E-state index is 12.1. The highest BCUT2D eigenvalue weighted by molar-refractivity contribution is 14.0. The molecule has 1 aromatic carbocycles. The molecule has 2 heterocycles. The number of guanidine groups is 1. The Labute approximate surface area is 217 Å². The molecule has 0 aliphatic carbocycles. The Kier molecular flexibility index (Phi) is 12.5. The van der Waals surface area contributed by atoms with Crippen molar-refractivity contribution in [3.8, 4) is 0 Å². The van der Waals surface area contributed by atoms with Crippen LogP contribution in [-0.4, -0.2) is 92.0 Å². The van der Waals surface area contributed by atoms with Crippen LogP contribution in [0.4, 0.5) is 0 Å². The van der Waals surface area contributed by atoms with Gasteiger partial charge in [-0.2, -0.15) is 0 Å². The number of carbonyl (C=O) groups excluding carboxylic acids is 1. The Morgan fingerprint density at radius 3 is 2.03 bits per heavy atom. The summed E-state index contributed by atoms with van der Waals surface area (Å²) in [5, 5.41) is 7.29. The number of rotatable bonds is 8. The molecule has 186 valence electrons. The van der Waals surface area contributed by atoms with Crippen molar-refractivity contribution in [1.82, 2.24) is 25.3 Å². The van der Waals surface area contributed by atoms with Crippen LogP contribution in [0.3, 0.4) is 0 Å². The predicted molar refractivity (Wildman–Crippen MR) is 147 cm³/mol. The predicted octanol–water partition coefficient (Wildman–Crippen LogP) is 2.77. The monoisotopic (exact) mass is 570 g/mol. The first kappa shape index (κ1) is 27.9. The van der Waals surface area contributed by atoms with Crippen LogP contribution >= 0.6 is 24.0 Å². The third-order valence-electron chi connectivity index (χ3n) is 6.52. The van der Waals surface area contributed by atoms with Crippen molar-refractivity contribution in [2.75, 3.05) is 53.4 Å². The van der Waals surface area contributed by atoms with E-state index in [-0.39, 0.29) is 36.4 Å². The fourth-order valence-electron chi connectivity index (χ4n) is 4.50. The standard InChI is InChI=1S/C25H42N6O.HI/c1-4-14-30-15-10-22(11-16-30)27-25(26-19-24(32)29(2)3)28-23-12-17-31(18-13-23)20-21-8-6-5-7-9-21;/h5-9,22-23H,4,10-20H2,1-3H3,(H2,26,27,28);1H. The van der Waals surface area contributed by atoms with Gasteiger partial charge in [0.05, 0.1) is 0 Å². The Morgan fingerprint density at radius 2 is 1.52 bits per heavy atom. The number of nitrogens with one attached hydrogen (secondary N) is 2. The van der Waals surface area contributed by atoms with Gasteiger partial charge in [-0.15, -0.1) is 24.0 Å². The summed E-state index contributed by atoms with van der Waals surface area (Å²) in [6.07, 6.45) is 5.63. The lowest BCUT2D eigenvalue weighted by atomic mass is 10.0. The molecular formula is C25H43IN6O. The van der Waals surface area contributed by atoms with E-state index in [2.05, 4.69) is 62.7 Å². The number of benzene rings is 1. The van der Waals surface area contributed by atoms with Gasteiger partial charge >= 0.3 is 0 Å². The lowest BCUT2D eigenvalue weighted by molar-refractivity contribution is -0.127. The molecule has 0 unspecified atom stereocenters. The molecule has 0 aromatic heterocycles. The summed E-state index contributed by atoms with van der Waals surface area (Å²) in [5.41, 5.74) is 1.37. The van der Waals surface area contributed by atoms with Gasteiger partial charge in [0.2, 0.25) is 5.91 Å². The summed E-state index contributed by atoms with van der Waals surface area (Å²) < 4.78 is 0. The smallest absolute Gasteiger partial charge is 0.243 e. The fourth-order valence-corrected chi connectivity index (χ4v) is 4.50. The Balaban J connectivity index is 0.00000385. The first-order chi connectivity index (χ1) is 15.5. The summed E-state index contributed by atoms with van der Waals surface area (Å²) in [5.74, 6) is 0.831. The normalized spacial score (nSPS) is 19.1. The van der Waals surface area contributed by atoms with Crippen molar-refractivity contribution in [3.63, 3.8) is 0 Å². The number of hydrogen-bond donors (Lipinski definition) is 2. The van der Waals surface area contributed by atoms with Gasteiger partial charge in [-0.25, -0.2) is 4.99 Å². The van der Waals surface area contributed by atoms with E-state index in [9.17, 15) is 4.79 Å². The summed E-state index contributed by atoms with van der Waals surface area (Å²) in [4.78, 5) is 23.4. The molecule has 2 fully saturated rings. The van der Waals surface area contributed by atoms with Gasteiger partial charge in [0.1, 0.15) is 6.54 Å². The molecule has 0 bridgehead atoms. The van der Waals surface area contributed by atoms with Gasteiger partial charge in [0.15, 0.2) is 5.96 Å². The fraction of sp³-hybridized carbons (Fsp3) is 0.680. The number of piperidine rings is 2. The van der Waals surface area contributed by atoms with Crippen LogP contribution in [0.2, 0.25) is 0 Å². The zero-order valence-electron chi connectivity index (χ0n) is 20.6. The number of amides is 1. The minimum absolute atomic E-state index is 0. The van der Waals surface area contributed by atoms with Gasteiger partial charge in [-0.05, 0) is 44.2 Å². The number of halogens is 1. The molecule has 33 heavy (non-hydrogen) atoms. The molecule has 2 saturated heterocycles. The van der Waals surface area contributed by atoms with Crippen LogP contribution in [0.15, 0.2) is 35.3 Å². The number of likely N-dealkylation sites (tertiary alicyclic amines) is 2. The summed E-state index contributed by atoms with van der Waals surface area (Å²) in [6.45, 7) is 9.04. The Hall–Kier alpha value is -1.39. The molecule has 3 rings (SSSR count). The number of likely N-dealkylation sites (N-methyl/N-ethyl adjacent to an activating group) is 1. The van der Waals surface area contributed by atoms with Crippen LogP contribution in [0.1, 0.15) is 44.6 Å².